The fourth-order valence-electron chi connectivity index (χ4n) is 7.22. The Kier molecular flexibility index (Phi) is 6.76. The molecule has 6 heteroatoms. The summed E-state index contributed by atoms with van der Waals surface area (Å²) in [6.45, 7) is 4.03. The summed E-state index contributed by atoms with van der Waals surface area (Å²) < 4.78 is 0. The molecular formula is C33H38N4O2. The van der Waals surface area contributed by atoms with Crippen LogP contribution >= 0.6 is 0 Å². The van der Waals surface area contributed by atoms with Gasteiger partial charge in [-0.2, -0.15) is 5.10 Å². The van der Waals surface area contributed by atoms with Crippen molar-refractivity contribution in [2.45, 2.75) is 82.3 Å². The van der Waals surface area contributed by atoms with E-state index in [4.69, 9.17) is 4.98 Å². The van der Waals surface area contributed by atoms with E-state index >= 15 is 0 Å². The fourth-order valence-corrected chi connectivity index (χ4v) is 7.22. The zero-order valence-corrected chi connectivity index (χ0v) is 22.9. The van der Waals surface area contributed by atoms with Gasteiger partial charge in [-0.05, 0) is 98.7 Å². The Balaban J connectivity index is 1.32. The zero-order chi connectivity index (χ0) is 27.0. The fraction of sp³-hybridized carbons (Fsp3) is 0.424. The van der Waals surface area contributed by atoms with Crippen LogP contribution in [0.2, 0.25) is 0 Å². The summed E-state index contributed by atoms with van der Waals surface area (Å²) in [5.74, 6) is 0.253. The van der Waals surface area contributed by atoms with Crippen LogP contribution < -0.4 is 10.7 Å². The maximum Gasteiger partial charge on any atom is 0.255 e. The first kappa shape index (κ1) is 25.8. The van der Waals surface area contributed by atoms with Gasteiger partial charge in [-0.3, -0.25) is 9.78 Å². The van der Waals surface area contributed by atoms with Crippen LogP contribution in [0, 0.1) is 12.8 Å². The van der Waals surface area contributed by atoms with E-state index in [0.29, 0.717) is 11.5 Å². The Morgan fingerprint density at radius 3 is 2.72 bits per heavy atom. The number of nitrogens with zero attached hydrogens (tertiary/aromatic N) is 2. The Morgan fingerprint density at radius 2 is 1.97 bits per heavy atom. The third-order valence-electron chi connectivity index (χ3n) is 9.48. The molecule has 4 atom stereocenters. The lowest BCUT2D eigenvalue weighted by atomic mass is 9.55. The molecule has 0 saturated heterocycles. The lowest BCUT2D eigenvalue weighted by molar-refractivity contribution is -0.0415. The van der Waals surface area contributed by atoms with Crippen LogP contribution in [-0.2, 0) is 11.8 Å². The van der Waals surface area contributed by atoms with Crippen molar-refractivity contribution in [3.05, 3.63) is 94.3 Å². The number of amides is 1. The summed E-state index contributed by atoms with van der Waals surface area (Å²) in [4.78, 5) is 18.1. The molecule has 3 aliphatic rings. The van der Waals surface area contributed by atoms with E-state index in [1.165, 1.54) is 16.7 Å². The van der Waals surface area contributed by atoms with E-state index < -0.39 is 5.60 Å². The highest BCUT2D eigenvalue weighted by atomic mass is 16.3. The van der Waals surface area contributed by atoms with Gasteiger partial charge in [0.15, 0.2) is 0 Å². The van der Waals surface area contributed by atoms with Crippen molar-refractivity contribution in [3.8, 4) is 0 Å². The highest BCUT2D eigenvalue weighted by Gasteiger charge is 2.51. The van der Waals surface area contributed by atoms with E-state index in [1.54, 1.807) is 0 Å². The van der Waals surface area contributed by atoms with E-state index in [9.17, 15) is 9.90 Å². The summed E-state index contributed by atoms with van der Waals surface area (Å²) in [6.07, 6.45) is 9.08. The lowest BCUT2D eigenvalue weighted by Crippen LogP contribution is -2.48. The van der Waals surface area contributed by atoms with Gasteiger partial charge in [-0.25, -0.2) is 0 Å². The standard InChI is InChI=1S/C33H38N4O2/c1-3-32(39)17-18-33(25-9-5-4-6-10-25)26(21-32)11-7-8-23-20-24(12-13-27(23)33)31(38)36-28-14-15-29(35-22(28)2)30-16-19-34-37-30/h4-6,9-10,12-15,19-20,26,30,37,39H,3,7-8,11,16-18,21H2,1-2H3,(H,36,38)/t26-,30?,32+,33?/m0/s1. The van der Waals surface area contributed by atoms with Crippen molar-refractivity contribution in [3.63, 3.8) is 0 Å². The van der Waals surface area contributed by atoms with Gasteiger partial charge in [0.25, 0.3) is 5.91 Å². The first-order chi connectivity index (χ1) is 18.9. The van der Waals surface area contributed by atoms with Crippen LogP contribution in [0.25, 0.3) is 0 Å². The van der Waals surface area contributed by atoms with Crippen LogP contribution in [0.1, 0.15) is 96.3 Å². The van der Waals surface area contributed by atoms with Gasteiger partial charge in [0.2, 0.25) is 0 Å². The van der Waals surface area contributed by atoms with Crippen molar-refractivity contribution in [2.75, 3.05) is 5.32 Å². The number of hydrogen-bond donors (Lipinski definition) is 3. The molecule has 1 fully saturated rings. The number of anilines is 1. The van der Waals surface area contributed by atoms with E-state index in [-0.39, 0.29) is 17.4 Å². The zero-order valence-electron chi connectivity index (χ0n) is 22.9. The minimum Gasteiger partial charge on any atom is -0.390 e. The van der Waals surface area contributed by atoms with Gasteiger partial charge in [-0.1, -0.05) is 43.3 Å². The van der Waals surface area contributed by atoms with Gasteiger partial charge in [0.1, 0.15) is 0 Å². The third kappa shape index (κ3) is 4.65. The molecule has 2 aromatic carbocycles. The number of rotatable bonds is 5. The number of aromatic nitrogens is 1. The molecule has 202 valence electrons. The number of fused-ring (bicyclic) bond motifs is 3. The smallest absolute Gasteiger partial charge is 0.255 e. The quantitative estimate of drug-likeness (QED) is 0.371. The maximum atomic E-state index is 13.4. The average Bonchev–Trinajstić information content (AvgIpc) is 3.45. The molecule has 6 rings (SSSR count). The predicted molar refractivity (Wildman–Crippen MR) is 155 cm³/mol. The summed E-state index contributed by atoms with van der Waals surface area (Å²) >= 11 is 0. The molecule has 1 aromatic heterocycles. The number of hydrogen-bond acceptors (Lipinski definition) is 5. The van der Waals surface area contributed by atoms with Crippen molar-refractivity contribution >= 4 is 17.8 Å². The number of pyridine rings is 1. The van der Waals surface area contributed by atoms with Crippen LogP contribution in [0.4, 0.5) is 5.69 Å². The number of benzene rings is 2. The van der Waals surface area contributed by atoms with Gasteiger partial charge < -0.3 is 15.8 Å². The number of aryl methyl sites for hydroxylation is 2. The first-order valence-corrected chi connectivity index (χ1v) is 14.4. The normalized spacial score (nSPS) is 27.7. The summed E-state index contributed by atoms with van der Waals surface area (Å²) in [7, 11) is 0. The van der Waals surface area contributed by atoms with Crippen LogP contribution in [-0.4, -0.2) is 27.8 Å². The third-order valence-corrected chi connectivity index (χ3v) is 9.48. The van der Waals surface area contributed by atoms with Crippen LogP contribution in [0.5, 0.6) is 0 Å². The molecular weight excluding hydrogens is 484 g/mol. The largest absolute Gasteiger partial charge is 0.390 e. The minimum absolute atomic E-state index is 0.0897. The second-order valence-electron chi connectivity index (χ2n) is 11.6. The lowest BCUT2D eigenvalue weighted by Gasteiger charge is -2.50. The second kappa shape index (κ2) is 10.2. The molecule has 0 radical (unpaired) electrons. The number of hydrazone groups is 1. The predicted octanol–water partition coefficient (Wildman–Crippen LogP) is 6.23. The SMILES string of the molecule is CC[C@@]1(O)CCC2(c3ccccc3)c3ccc(C(=O)Nc4ccc(C5CC=NN5)nc4C)cc3CCC[C@H]2C1. The van der Waals surface area contributed by atoms with Gasteiger partial charge >= 0.3 is 0 Å². The molecule has 2 aliphatic carbocycles. The molecule has 2 heterocycles. The Hall–Kier alpha value is -3.51. The van der Waals surface area contributed by atoms with Crippen LogP contribution in [0.15, 0.2) is 65.8 Å². The van der Waals surface area contributed by atoms with Crippen molar-refractivity contribution < 1.29 is 9.90 Å². The molecule has 1 aliphatic heterocycles. The molecule has 1 saturated carbocycles. The van der Waals surface area contributed by atoms with Crippen LogP contribution in [0.3, 0.4) is 0 Å². The Bertz CT molecular complexity index is 1400. The number of carbonyl (C=O) groups excluding carboxylic acids is 1. The molecule has 3 N–H and O–H groups in total. The molecule has 6 nitrogen and oxygen atoms in total. The van der Waals surface area contributed by atoms with E-state index in [0.717, 1.165) is 68.4 Å². The summed E-state index contributed by atoms with van der Waals surface area (Å²) in [5.41, 5.74) is 9.38. The number of aliphatic hydroxyl groups is 1. The monoisotopic (exact) mass is 522 g/mol. The van der Waals surface area contributed by atoms with E-state index in [2.05, 4.69) is 65.2 Å². The highest BCUT2D eigenvalue weighted by molar-refractivity contribution is 6.04. The molecule has 2 unspecified atom stereocenters. The molecule has 39 heavy (non-hydrogen) atoms. The maximum absolute atomic E-state index is 13.4. The summed E-state index contributed by atoms with van der Waals surface area (Å²) in [5, 5.41) is 18.5. The molecule has 0 spiro atoms. The highest BCUT2D eigenvalue weighted by Crippen LogP contribution is 2.55. The second-order valence-corrected chi connectivity index (χ2v) is 11.6. The van der Waals surface area contributed by atoms with Crippen molar-refractivity contribution in [1.82, 2.24) is 10.4 Å². The number of carbonyl (C=O) groups is 1. The Morgan fingerprint density at radius 1 is 1.13 bits per heavy atom. The van der Waals surface area contributed by atoms with Gasteiger partial charge in [0.05, 0.1) is 28.7 Å². The number of nitrogens with one attached hydrogen (secondary N) is 2. The van der Waals surface area contributed by atoms with Crippen molar-refractivity contribution in [2.24, 2.45) is 11.0 Å². The minimum atomic E-state index is -0.588. The van der Waals surface area contributed by atoms with Crippen molar-refractivity contribution in [1.29, 1.82) is 0 Å². The first-order valence-electron chi connectivity index (χ1n) is 14.4. The average molecular weight is 523 g/mol. The van der Waals surface area contributed by atoms with Gasteiger partial charge in [0, 0.05) is 23.6 Å². The molecule has 0 bridgehead atoms. The molecule has 3 aromatic rings. The Labute approximate surface area is 231 Å². The van der Waals surface area contributed by atoms with Gasteiger partial charge in [-0.15, -0.1) is 0 Å². The molecule has 1 amide bonds. The summed E-state index contributed by atoms with van der Waals surface area (Å²) in [6, 6.07) is 21.1. The topological polar surface area (TPSA) is 86.6 Å². The van der Waals surface area contributed by atoms with E-state index in [1.807, 2.05) is 31.3 Å².